The highest BCUT2D eigenvalue weighted by Crippen LogP contribution is 2.23. The van der Waals surface area contributed by atoms with Crippen LogP contribution in [-0.2, 0) is 4.79 Å². The summed E-state index contributed by atoms with van der Waals surface area (Å²) in [7, 11) is 5.64. The summed E-state index contributed by atoms with van der Waals surface area (Å²) in [5.74, 6) is 1.01. The normalized spacial score (nSPS) is 13.3. The Hall–Kier alpha value is -2.04. The SMILES string of the molecule is COc1ccc(C(C)CC(=O)NCC(c2cccc(Cl)c2)N(C)C)cc1. The average Bonchev–Trinajstić information content (AvgIpc) is 2.61. The molecule has 0 aliphatic heterocycles. The molecule has 0 aromatic heterocycles. The Morgan fingerprint density at radius 3 is 2.42 bits per heavy atom. The van der Waals surface area contributed by atoms with Crippen LogP contribution in [0, 0.1) is 0 Å². The number of nitrogens with one attached hydrogen (secondary N) is 1. The molecule has 2 atom stereocenters. The fourth-order valence-electron chi connectivity index (χ4n) is 2.92. The number of carbonyl (C=O) groups excluding carboxylic acids is 1. The number of hydrogen-bond donors (Lipinski definition) is 1. The topological polar surface area (TPSA) is 41.6 Å². The van der Waals surface area contributed by atoms with Gasteiger partial charge in [0.05, 0.1) is 13.2 Å². The third-order valence-electron chi connectivity index (χ3n) is 4.53. The van der Waals surface area contributed by atoms with Crippen LogP contribution in [0.3, 0.4) is 0 Å². The third kappa shape index (κ3) is 5.75. The number of carbonyl (C=O) groups is 1. The molecule has 0 aliphatic rings. The van der Waals surface area contributed by atoms with Crippen LogP contribution in [0.4, 0.5) is 0 Å². The van der Waals surface area contributed by atoms with Gasteiger partial charge in [0.1, 0.15) is 5.75 Å². The molecule has 140 valence electrons. The zero-order valence-electron chi connectivity index (χ0n) is 15.8. The minimum absolute atomic E-state index is 0.0437. The number of nitrogens with zero attached hydrogens (tertiary/aromatic N) is 1. The molecule has 0 saturated heterocycles. The van der Waals surface area contributed by atoms with Crippen molar-refractivity contribution >= 4 is 17.5 Å². The summed E-state index contributed by atoms with van der Waals surface area (Å²) in [6.45, 7) is 2.60. The standard InChI is InChI=1S/C21H27ClN2O2/c1-15(16-8-10-19(26-4)11-9-16)12-21(25)23-14-20(24(2)3)17-6-5-7-18(22)13-17/h5-11,13,15,20H,12,14H2,1-4H3,(H,23,25). The highest BCUT2D eigenvalue weighted by Gasteiger charge is 2.17. The van der Waals surface area contributed by atoms with Crippen LogP contribution in [0.15, 0.2) is 48.5 Å². The second-order valence-electron chi connectivity index (χ2n) is 6.72. The lowest BCUT2D eigenvalue weighted by molar-refractivity contribution is -0.121. The lowest BCUT2D eigenvalue weighted by Crippen LogP contribution is -2.35. The van der Waals surface area contributed by atoms with Gasteiger partial charge >= 0.3 is 0 Å². The molecule has 5 heteroatoms. The molecule has 4 nitrogen and oxygen atoms in total. The molecule has 0 bridgehead atoms. The van der Waals surface area contributed by atoms with E-state index in [1.165, 1.54) is 0 Å². The fraction of sp³-hybridized carbons (Fsp3) is 0.381. The summed E-state index contributed by atoms with van der Waals surface area (Å²) >= 11 is 6.10. The molecule has 0 aliphatic carbocycles. The number of likely N-dealkylation sites (N-methyl/N-ethyl adjacent to an activating group) is 1. The largest absolute Gasteiger partial charge is 0.497 e. The molecule has 0 saturated carbocycles. The van der Waals surface area contributed by atoms with Crippen molar-refractivity contribution in [3.63, 3.8) is 0 Å². The summed E-state index contributed by atoms with van der Waals surface area (Å²) in [6.07, 6.45) is 0.446. The molecule has 1 N–H and O–H groups in total. The van der Waals surface area contributed by atoms with E-state index in [0.717, 1.165) is 16.9 Å². The van der Waals surface area contributed by atoms with Crippen LogP contribution in [-0.4, -0.2) is 38.6 Å². The average molecular weight is 375 g/mol. The maximum atomic E-state index is 12.4. The van der Waals surface area contributed by atoms with E-state index in [-0.39, 0.29) is 17.9 Å². The first-order valence-corrected chi connectivity index (χ1v) is 9.11. The summed E-state index contributed by atoms with van der Waals surface area (Å²) in [5, 5.41) is 3.76. The van der Waals surface area contributed by atoms with Gasteiger partial charge in [0, 0.05) is 18.0 Å². The van der Waals surface area contributed by atoms with Crippen molar-refractivity contribution < 1.29 is 9.53 Å². The van der Waals surface area contributed by atoms with Gasteiger partial charge < -0.3 is 15.0 Å². The van der Waals surface area contributed by atoms with E-state index in [1.54, 1.807) is 7.11 Å². The molecule has 1 amide bonds. The third-order valence-corrected chi connectivity index (χ3v) is 4.76. The predicted molar refractivity (Wildman–Crippen MR) is 107 cm³/mol. The van der Waals surface area contributed by atoms with E-state index in [9.17, 15) is 4.79 Å². The molecular formula is C21H27ClN2O2. The second kappa shape index (κ2) is 9.60. The first-order chi connectivity index (χ1) is 12.4. The van der Waals surface area contributed by atoms with Crippen molar-refractivity contribution in [1.82, 2.24) is 10.2 Å². The number of benzene rings is 2. The molecule has 2 aromatic rings. The van der Waals surface area contributed by atoms with Crippen molar-refractivity contribution in [2.75, 3.05) is 27.7 Å². The number of rotatable bonds is 8. The number of methoxy groups -OCH3 is 1. The summed E-state index contributed by atoms with van der Waals surface area (Å²) in [6, 6.07) is 15.7. The fourth-order valence-corrected chi connectivity index (χ4v) is 3.12. The Labute approximate surface area is 161 Å². The molecule has 0 radical (unpaired) electrons. The van der Waals surface area contributed by atoms with Gasteiger partial charge in [-0.25, -0.2) is 0 Å². The zero-order chi connectivity index (χ0) is 19.1. The van der Waals surface area contributed by atoms with Crippen molar-refractivity contribution in [3.05, 3.63) is 64.7 Å². The van der Waals surface area contributed by atoms with Crippen molar-refractivity contribution in [1.29, 1.82) is 0 Å². The van der Waals surface area contributed by atoms with E-state index < -0.39 is 0 Å². The first-order valence-electron chi connectivity index (χ1n) is 8.73. The minimum Gasteiger partial charge on any atom is -0.497 e. The van der Waals surface area contributed by atoms with Crippen LogP contribution in [0.1, 0.15) is 36.4 Å². The smallest absolute Gasteiger partial charge is 0.220 e. The molecule has 26 heavy (non-hydrogen) atoms. The van der Waals surface area contributed by atoms with Gasteiger partial charge in [-0.3, -0.25) is 4.79 Å². The molecule has 0 fully saturated rings. The summed E-state index contributed by atoms with van der Waals surface area (Å²) in [4.78, 5) is 14.5. The van der Waals surface area contributed by atoms with E-state index in [0.29, 0.717) is 18.0 Å². The Kier molecular flexibility index (Phi) is 7.49. The highest BCUT2D eigenvalue weighted by atomic mass is 35.5. The monoisotopic (exact) mass is 374 g/mol. The molecule has 0 spiro atoms. The van der Waals surface area contributed by atoms with Gasteiger partial charge in [0.15, 0.2) is 0 Å². The molecular weight excluding hydrogens is 348 g/mol. The molecule has 2 aromatic carbocycles. The van der Waals surface area contributed by atoms with Crippen LogP contribution in [0.2, 0.25) is 5.02 Å². The summed E-state index contributed by atoms with van der Waals surface area (Å²) in [5.41, 5.74) is 2.21. The maximum absolute atomic E-state index is 12.4. The number of halogens is 1. The van der Waals surface area contributed by atoms with Gasteiger partial charge in [-0.15, -0.1) is 0 Å². The van der Waals surface area contributed by atoms with Crippen molar-refractivity contribution in [3.8, 4) is 5.75 Å². The van der Waals surface area contributed by atoms with Gasteiger partial charge in [-0.05, 0) is 55.4 Å². The van der Waals surface area contributed by atoms with Crippen LogP contribution in [0.5, 0.6) is 5.75 Å². The number of ether oxygens (including phenoxy) is 1. The summed E-state index contributed by atoms with van der Waals surface area (Å²) < 4.78 is 5.17. The quantitative estimate of drug-likeness (QED) is 0.750. The van der Waals surface area contributed by atoms with Gasteiger partial charge in [-0.1, -0.05) is 42.8 Å². The van der Waals surface area contributed by atoms with Crippen molar-refractivity contribution in [2.45, 2.75) is 25.3 Å². The van der Waals surface area contributed by atoms with Crippen LogP contribution >= 0.6 is 11.6 Å². The minimum atomic E-state index is 0.0437. The van der Waals surface area contributed by atoms with Crippen molar-refractivity contribution in [2.24, 2.45) is 0 Å². The molecule has 2 unspecified atom stereocenters. The highest BCUT2D eigenvalue weighted by molar-refractivity contribution is 6.30. The second-order valence-corrected chi connectivity index (χ2v) is 7.15. The van der Waals surface area contributed by atoms with Crippen LogP contribution in [0.25, 0.3) is 0 Å². The number of amides is 1. The van der Waals surface area contributed by atoms with Gasteiger partial charge in [0.25, 0.3) is 0 Å². The molecule has 2 rings (SSSR count). The Morgan fingerprint density at radius 2 is 1.85 bits per heavy atom. The van der Waals surface area contributed by atoms with Crippen LogP contribution < -0.4 is 10.1 Å². The van der Waals surface area contributed by atoms with E-state index >= 15 is 0 Å². The molecule has 0 heterocycles. The van der Waals surface area contributed by atoms with E-state index in [1.807, 2.05) is 62.6 Å². The van der Waals surface area contributed by atoms with E-state index in [2.05, 4.69) is 17.1 Å². The Bertz CT molecular complexity index is 716. The van der Waals surface area contributed by atoms with E-state index in [4.69, 9.17) is 16.3 Å². The Morgan fingerprint density at radius 1 is 1.15 bits per heavy atom. The Balaban J connectivity index is 1.93. The van der Waals surface area contributed by atoms with Gasteiger partial charge in [-0.2, -0.15) is 0 Å². The number of hydrogen-bond acceptors (Lipinski definition) is 3. The zero-order valence-corrected chi connectivity index (χ0v) is 16.6. The van der Waals surface area contributed by atoms with Gasteiger partial charge in [0.2, 0.25) is 5.91 Å². The lowest BCUT2D eigenvalue weighted by atomic mass is 9.97. The predicted octanol–water partition coefficient (Wildman–Crippen LogP) is 4.26. The first kappa shape index (κ1) is 20.3. The maximum Gasteiger partial charge on any atom is 0.220 e. The lowest BCUT2D eigenvalue weighted by Gasteiger charge is -2.25.